The molecular weight excluding hydrogens is 464 g/mol. The third-order valence-electron chi connectivity index (χ3n) is 4.74. The minimum atomic E-state index is -0.818. The van der Waals surface area contributed by atoms with Crippen LogP contribution in [0, 0.1) is 6.92 Å². The Kier molecular flexibility index (Phi) is 5.48. The van der Waals surface area contributed by atoms with Crippen LogP contribution in [0.25, 0.3) is 17.4 Å². The average Bonchev–Trinajstić information content (AvgIpc) is 3.20. The minimum Gasteiger partial charge on any atom is -0.497 e. The molecule has 2 heterocycles. The first-order chi connectivity index (χ1) is 14.9. The van der Waals surface area contributed by atoms with Gasteiger partial charge in [-0.05, 0) is 67.1 Å². The quantitative estimate of drug-likeness (QED) is 0.432. The van der Waals surface area contributed by atoms with Crippen LogP contribution >= 0.6 is 15.9 Å². The molecule has 4 rings (SSSR count). The largest absolute Gasteiger partial charge is 0.497 e. The summed E-state index contributed by atoms with van der Waals surface area (Å²) in [6.45, 7) is 1.98. The first-order valence-electron chi connectivity index (χ1n) is 9.29. The summed E-state index contributed by atoms with van der Waals surface area (Å²) in [6.07, 6.45) is 1.33. The fraction of sp³-hybridized carbons (Fsp3) is 0.0870. The normalized spacial score (nSPS) is 15.4. The van der Waals surface area contributed by atoms with E-state index in [1.807, 2.05) is 25.1 Å². The zero-order chi connectivity index (χ0) is 22.1. The molecule has 156 valence electrons. The molecule has 0 saturated carbocycles. The molecule has 4 amide bonds. The average molecular weight is 481 g/mol. The van der Waals surface area contributed by atoms with Crippen molar-refractivity contribution < 1.29 is 23.5 Å². The highest BCUT2D eigenvalue weighted by atomic mass is 79.9. The van der Waals surface area contributed by atoms with E-state index in [1.54, 1.807) is 36.4 Å². The van der Waals surface area contributed by atoms with E-state index in [2.05, 4.69) is 21.2 Å². The van der Waals surface area contributed by atoms with Gasteiger partial charge in [-0.25, -0.2) is 9.69 Å². The van der Waals surface area contributed by atoms with Crippen molar-refractivity contribution >= 4 is 45.5 Å². The summed E-state index contributed by atoms with van der Waals surface area (Å²) in [5, 5.41) is 2.19. The number of halogens is 1. The number of methoxy groups -OCH3 is 1. The molecule has 0 unspecified atom stereocenters. The number of ether oxygens (including phenoxy) is 1. The monoisotopic (exact) mass is 480 g/mol. The second kappa shape index (κ2) is 8.23. The van der Waals surface area contributed by atoms with Crippen LogP contribution in [0.15, 0.2) is 69.1 Å². The third kappa shape index (κ3) is 4.02. The third-order valence-corrected chi connectivity index (χ3v) is 5.39. The lowest BCUT2D eigenvalue weighted by Crippen LogP contribution is -2.54. The van der Waals surface area contributed by atoms with E-state index in [0.717, 1.165) is 20.5 Å². The van der Waals surface area contributed by atoms with Crippen molar-refractivity contribution in [1.29, 1.82) is 0 Å². The Morgan fingerprint density at radius 1 is 1.03 bits per heavy atom. The van der Waals surface area contributed by atoms with Crippen molar-refractivity contribution in [2.75, 3.05) is 12.0 Å². The summed E-state index contributed by atoms with van der Waals surface area (Å²) in [6, 6.07) is 14.8. The number of nitrogens with one attached hydrogen (secondary N) is 1. The van der Waals surface area contributed by atoms with Crippen molar-refractivity contribution in [3.05, 3.63) is 76.0 Å². The van der Waals surface area contributed by atoms with Gasteiger partial charge in [-0.15, -0.1) is 0 Å². The molecule has 3 aromatic rings. The topological polar surface area (TPSA) is 88.8 Å². The number of imide groups is 2. The standard InChI is InChI=1S/C23H17BrN2O5/c1-13-3-9-17(19(24)11-13)20-10-8-16(31-20)12-18-21(27)25-23(29)26(22(18)28)14-4-6-15(30-2)7-5-14/h3-12H,1-2H3,(H,25,27,29)/b18-12-. The van der Waals surface area contributed by atoms with Crippen molar-refractivity contribution in [2.24, 2.45) is 0 Å². The molecular formula is C23H17BrN2O5. The number of barbiturate groups is 1. The fourth-order valence-electron chi connectivity index (χ4n) is 3.16. The van der Waals surface area contributed by atoms with E-state index in [0.29, 0.717) is 23.0 Å². The summed E-state index contributed by atoms with van der Waals surface area (Å²) in [7, 11) is 1.51. The Hall–Kier alpha value is -3.65. The van der Waals surface area contributed by atoms with Gasteiger partial charge in [-0.1, -0.05) is 22.0 Å². The van der Waals surface area contributed by atoms with Crippen molar-refractivity contribution in [3.63, 3.8) is 0 Å². The maximum atomic E-state index is 13.0. The Bertz CT molecular complexity index is 1230. The lowest BCUT2D eigenvalue weighted by atomic mass is 10.1. The number of carbonyl (C=O) groups is 3. The molecule has 1 aliphatic rings. The maximum Gasteiger partial charge on any atom is 0.335 e. The van der Waals surface area contributed by atoms with E-state index in [4.69, 9.17) is 9.15 Å². The highest BCUT2D eigenvalue weighted by Crippen LogP contribution is 2.31. The highest BCUT2D eigenvalue weighted by molar-refractivity contribution is 9.10. The fourth-order valence-corrected chi connectivity index (χ4v) is 3.85. The summed E-state index contributed by atoms with van der Waals surface area (Å²) in [5.41, 5.74) is 2.03. The lowest BCUT2D eigenvalue weighted by molar-refractivity contribution is -0.122. The number of nitrogens with zero attached hydrogens (tertiary/aromatic N) is 1. The number of rotatable bonds is 4. The smallest absolute Gasteiger partial charge is 0.335 e. The molecule has 0 spiro atoms. The molecule has 2 aromatic carbocycles. The van der Waals surface area contributed by atoms with E-state index in [1.165, 1.54) is 13.2 Å². The van der Waals surface area contributed by atoms with E-state index in [-0.39, 0.29) is 5.57 Å². The zero-order valence-electron chi connectivity index (χ0n) is 16.6. The van der Waals surface area contributed by atoms with Crippen LogP contribution in [0.3, 0.4) is 0 Å². The van der Waals surface area contributed by atoms with Gasteiger partial charge in [-0.2, -0.15) is 0 Å². The van der Waals surface area contributed by atoms with Gasteiger partial charge in [0, 0.05) is 10.0 Å². The van der Waals surface area contributed by atoms with Crippen LogP contribution in [0.2, 0.25) is 0 Å². The Morgan fingerprint density at radius 3 is 2.45 bits per heavy atom. The molecule has 1 N–H and O–H groups in total. The SMILES string of the molecule is COc1ccc(N2C(=O)NC(=O)/C(=C/c3ccc(-c4ccc(C)cc4Br)o3)C2=O)cc1. The molecule has 1 aromatic heterocycles. The molecule has 1 aliphatic heterocycles. The summed E-state index contributed by atoms with van der Waals surface area (Å²) >= 11 is 3.51. The van der Waals surface area contributed by atoms with E-state index >= 15 is 0 Å². The molecule has 31 heavy (non-hydrogen) atoms. The van der Waals surface area contributed by atoms with E-state index in [9.17, 15) is 14.4 Å². The van der Waals surface area contributed by atoms with Gasteiger partial charge in [0.05, 0.1) is 12.8 Å². The number of hydrogen-bond acceptors (Lipinski definition) is 5. The number of furan rings is 1. The first-order valence-corrected chi connectivity index (χ1v) is 10.1. The minimum absolute atomic E-state index is 0.209. The number of aryl methyl sites for hydroxylation is 1. The lowest BCUT2D eigenvalue weighted by Gasteiger charge is -2.26. The van der Waals surface area contributed by atoms with Gasteiger partial charge in [0.15, 0.2) is 0 Å². The van der Waals surface area contributed by atoms with Gasteiger partial charge in [-0.3, -0.25) is 14.9 Å². The molecule has 0 radical (unpaired) electrons. The van der Waals surface area contributed by atoms with Crippen LogP contribution in [0.5, 0.6) is 5.75 Å². The van der Waals surface area contributed by atoms with Crippen LogP contribution in [0.1, 0.15) is 11.3 Å². The number of carbonyl (C=O) groups excluding carboxylic acids is 3. The summed E-state index contributed by atoms with van der Waals surface area (Å²) < 4.78 is 11.8. The van der Waals surface area contributed by atoms with Crippen molar-refractivity contribution in [3.8, 4) is 17.1 Å². The van der Waals surface area contributed by atoms with Crippen LogP contribution < -0.4 is 15.0 Å². The summed E-state index contributed by atoms with van der Waals surface area (Å²) in [5.74, 6) is -0.0658. The molecule has 0 bridgehead atoms. The van der Waals surface area contributed by atoms with E-state index < -0.39 is 17.8 Å². The zero-order valence-corrected chi connectivity index (χ0v) is 18.2. The number of benzene rings is 2. The number of urea groups is 1. The van der Waals surface area contributed by atoms with Gasteiger partial charge >= 0.3 is 6.03 Å². The molecule has 8 heteroatoms. The molecule has 1 fully saturated rings. The Balaban J connectivity index is 1.66. The number of amides is 4. The number of anilines is 1. The van der Waals surface area contributed by atoms with Crippen molar-refractivity contribution in [2.45, 2.75) is 6.92 Å². The van der Waals surface area contributed by atoms with Gasteiger partial charge in [0.1, 0.15) is 22.8 Å². The van der Waals surface area contributed by atoms with Gasteiger partial charge < -0.3 is 9.15 Å². The number of hydrogen-bond donors (Lipinski definition) is 1. The predicted octanol–water partition coefficient (Wildman–Crippen LogP) is 4.69. The van der Waals surface area contributed by atoms with Gasteiger partial charge in [0.25, 0.3) is 11.8 Å². The second-order valence-corrected chi connectivity index (χ2v) is 7.70. The van der Waals surface area contributed by atoms with Crippen LogP contribution in [-0.4, -0.2) is 25.0 Å². The Morgan fingerprint density at radius 2 is 1.77 bits per heavy atom. The molecule has 0 atom stereocenters. The maximum absolute atomic E-state index is 13.0. The highest BCUT2D eigenvalue weighted by Gasteiger charge is 2.37. The Labute approximate surface area is 186 Å². The molecule has 1 saturated heterocycles. The molecule has 7 nitrogen and oxygen atoms in total. The molecule has 0 aliphatic carbocycles. The van der Waals surface area contributed by atoms with Crippen LogP contribution in [0.4, 0.5) is 10.5 Å². The first kappa shape index (κ1) is 20.6. The van der Waals surface area contributed by atoms with Gasteiger partial charge in [0.2, 0.25) is 0 Å². The van der Waals surface area contributed by atoms with Crippen LogP contribution in [-0.2, 0) is 9.59 Å². The van der Waals surface area contributed by atoms with Crippen molar-refractivity contribution in [1.82, 2.24) is 5.32 Å². The predicted molar refractivity (Wildman–Crippen MR) is 119 cm³/mol. The summed E-state index contributed by atoms with van der Waals surface area (Å²) in [4.78, 5) is 38.5. The second-order valence-electron chi connectivity index (χ2n) is 6.84.